The number of amides is 3. The maximum atomic E-state index is 13.3. The second-order valence-electron chi connectivity index (χ2n) is 10.3. The molecule has 2 aliphatic heterocycles. The fraction of sp³-hybridized carbons (Fsp3) is 0.433. The fourth-order valence-corrected chi connectivity index (χ4v) is 5.16. The van der Waals surface area contributed by atoms with Crippen LogP contribution < -0.4 is 5.32 Å². The van der Waals surface area contributed by atoms with Crippen molar-refractivity contribution in [2.45, 2.75) is 45.7 Å². The molecular weight excluding hydrogens is 480 g/mol. The summed E-state index contributed by atoms with van der Waals surface area (Å²) in [4.78, 5) is 45.0. The second-order valence-corrected chi connectivity index (χ2v) is 10.3. The molecule has 0 aliphatic carbocycles. The van der Waals surface area contributed by atoms with Crippen molar-refractivity contribution in [3.63, 3.8) is 0 Å². The number of ether oxygens (including phenoxy) is 1. The number of benzene rings is 2. The predicted molar refractivity (Wildman–Crippen MR) is 147 cm³/mol. The van der Waals surface area contributed by atoms with Gasteiger partial charge in [-0.05, 0) is 43.0 Å². The van der Waals surface area contributed by atoms with Crippen LogP contribution in [0.15, 0.2) is 65.9 Å². The Morgan fingerprint density at radius 3 is 2.34 bits per heavy atom. The van der Waals surface area contributed by atoms with Gasteiger partial charge in [0.15, 0.2) is 0 Å². The van der Waals surface area contributed by atoms with Gasteiger partial charge in [-0.25, -0.2) is 9.59 Å². The zero-order valence-corrected chi connectivity index (χ0v) is 22.9. The minimum Gasteiger partial charge on any atom is -0.463 e. The molecule has 3 amide bonds. The van der Waals surface area contributed by atoms with Gasteiger partial charge in [0.2, 0.25) is 0 Å². The lowest BCUT2D eigenvalue weighted by Crippen LogP contribution is -2.56. The molecule has 1 fully saturated rings. The minimum atomic E-state index is -0.604. The van der Waals surface area contributed by atoms with Crippen molar-refractivity contribution in [1.29, 1.82) is 0 Å². The molecule has 2 atom stereocenters. The maximum absolute atomic E-state index is 13.3. The number of carbonyl (C=O) groups is 3. The lowest BCUT2D eigenvalue weighted by molar-refractivity contribution is -0.139. The van der Waals surface area contributed by atoms with Crippen LogP contribution in [-0.2, 0) is 9.53 Å². The molecule has 1 N–H and O–H groups in total. The number of hydrogen-bond donors (Lipinski definition) is 1. The summed E-state index contributed by atoms with van der Waals surface area (Å²) in [5, 5.41) is 2.99. The van der Waals surface area contributed by atoms with Crippen LogP contribution in [0.4, 0.5) is 4.79 Å². The number of nitrogens with one attached hydrogen (secondary N) is 1. The maximum Gasteiger partial charge on any atom is 0.338 e. The van der Waals surface area contributed by atoms with Crippen LogP contribution in [0.3, 0.4) is 0 Å². The van der Waals surface area contributed by atoms with E-state index in [4.69, 9.17) is 4.74 Å². The quantitative estimate of drug-likeness (QED) is 0.557. The van der Waals surface area contributed by atoms with E-state index in [9.17, 15) is 14.4 Å². The first-order chi connectivity index (χ1) is 18.2. The lowest BCUT2D eigenvalue weighted by Gasteiger charge is -2.42. The molecule has 38 heavy (non-hydrogen) atoms. The molecule has 202 valence electrons. The van der Waals surface area contributed by atoms with Crippen molar-refractivity contribution < 1.29 is 19.1 Å². The summed E-state index contributed by atoms with van der Waals surface area (Å²) in [5.41, 5.74) is 3.77. The predicted octanol–water partition coefficient (Wildman–Crippen LogP) is 4.17. The average molecular weight is 519 g/mol. The molecule has 0 unspecified atom stereocenters. The highest BCUT2D eigenvalue weighted by atomic mass is 16.5. The van der Waals surface area contributed by atoms with E-state index >= 15 is 0 Å². The molecule has 2 aromatic rings. The van der Waals surface area contributed by atoms with E-state index in [1.165, 1.54) is 10.5 Å². The highest BCUT2D eigenvalue weighted by molar-refractivity contribution is 5.95. The zero-order valence-electron chi connectivity index (χ0n) is 22.9. The van der Waals surface area contributed by atoms with E-state index in [-0.39, 0.29) is 24.6 Å². The molecule has 0 saturated carbocycles. The molecule has 1 saturated heterocycles. The van der Waals surface area contributed by atoms with Gasteiger partial charge in [-0.2, -0.15) is 0 Å². The van der Waals surface area contributed by atoms with Crippen molar-refractivity contribution in [3.05, 3.63) is 82.6 Å². The monoisotopic (exact) mass is 518 g/mol. The first-order valence-electron chi connectivity index (χ1n) is 13.3. The van der Waals surface area contributed by atoms with Gasteiger partial charge in [0, 0.05) is 50.5 Å². The number of carbonyl (C=O) groups excluding carboxylic acids is 3. The molecule has 0 bridgehead atoms. The van der Waals surface area contributed by atoms with Crippen LogP contribution in [0.5, 0.6) is 0 Å². The van der Waals surface area contributed by atoms with Crippen molar-refractivity contribution in [2.75, 3.05) is 39.8 Å². The molecule has 8 nitrogen and oxygen atoms in total. The molecule has 2 aliphatic rings. The third-order valence-electron chi connectivity index (χ3n) is 7.38. The second kappa shape index (κ2) is 11.8. The van der Waals surface area contributed by atoms with Gasteiger partial charge in [0.05, 0.1) is 18.2 Å². The Hall–Kier alpha value is -3.65. The van der Waals surface area contributed by atoms with Gasteiger partial charge < -0.3 is 15.0 Å². The molecule has 2 heterocycles. The summed E-state index contributed by atoms with van der Waals surface area (Å²) in [7, 11) is 1.68. The number of esters is 1. The summed E-state index contributed by atoms with van der Waals surface area (Å²) in [6, 6.07) is 16.4. The molecule has 2 aromatic carbocycles. The van der Waals surface area contributed by atoms with Gasteiger partial charge >= 0.3 is 12.0 Å². The summed E-state index contributed by atoms with van der Waals surface area (Å²) >= 11 is 0. The van der Waals surface area contributed by atoms with Crippen LogP contribution in [0, 0.1) is 0 Å². The minimum absolute atomic E-state index is 0.0169. The zero-order chi connectivity index (χ0) is 27.4. The largest absolute Gasteiger partial charge is 0.463 e. The highest BCUT2D eigenvalue weighted by Crippen LogP contribution is 2.32. The SMILES string of the molecule is CCOC(=O)C1=C(CN2CCN(C(=O)c3ccccc3)[C@H](C)C2)N(C)C(=O)N[C@H]1c1ccc(C(C)C)cc1. The van der Waals surface area contributed by atoms with Gasteiger partial charge in [-0.15, -0.1) is 0 Å². The number of likely N-dealkylation sites (N-methyl/N-ethyl adjacent to an activating group) is 1. The first kappa shape index (κ1) is 27.4. The Balaban J connectivity index is 1.61. The molecule has 0 radical (unpaired) electrons. The van der Waals surface area contributed by atoms with Crippen molar-refractivity contribution >= 4 is 17.9 Å². The van der Waals surface area contributed by atoms with Crippen molar-refractivity contribution in [1.82, 2.24) is 20.0 Å². The number of piperazine rings is 1. The van der Waals surface area contributed by atoms with E-state index in [0.29, 0.717) is 48.9 Å². The average Bonchev–Trinajstić information content (AvgIpc) is 2.91. The Morgan fingerprint density at radius 2 is 1.74 bits per heavy atom. The third-order valence-corrected chi connectivity index (χ3v) is 7.38. The Morgan fingerprint density at radius 1 is 1.05 bits per heavy atom. The fourth-order valence-electron chi connectivity index (χ4n) is 5.16. The standard InChI is InChI=1S/C30H38N4O4/c1-6-38-29(36)26-25(32(5)30(37)31-27(26)23-14-12-22(13-15-23)20(2)3)19-33-16-17-34(21(4)18-33)28(35)24-10-8-7-9-11-24/h7-15,20-21,27H,6,16-19H2,1-5H3,(H,31,37)/t21-,27+/m1/s1. The van der Waals surface area contributed by atoms with E-state index in [1.54, 1.807) is 14.0 Å². The van der Waals surface area contributed by atoms with Crippen LogP contribution in [-0.4, -0.2) is 78.5 Å². The van der Waals surface area contributed by atoms with Crippen LogP contribution in [0.1, 0.15) is 61.1 Å². The molecule has 4 rings (SSSR count). The highest BCUT2D eigenvalue weighted by Gasteiger charge is 2.38. The van der Waals surface area contributed by atoms with Gasteiger partial charge in [0.1, 0.15) is 0 Å². The Bertz CT molecular complexity index is 1190. The Kier molecular flexibility index (Phi) is 8.52. The van der Waals surface area contributed by atoms with E-state index < -0.39 is 12.0 Å². The topological polar surface area (TPSA) is 82.2 Å². The van der Waals surface area contributed by atoms with Crippen molar-refractivity contribution in [2.24, 2.45) is 0 Å². The van der Waals surface area contributed by atoms with Crippen molar-refractivity contribution in [3.8, 4) is 0 Å². The molecule has 8 heteroatoms. The summed E-state index contributed by atoms with van der Waals surface area (Å²) in [6.45, 7) is 10.5. The third kappa shape index (κ3) is 5.75. The summed E-state index contributed by atoms with van der Waals surface area (Å²) in [6.07, 6.45) is 0. The molecule has 0 spiro atoms. The number of rotatable bonds is 7. The molecule has 0 aromatic heterocycles. The van der Waals surface area contributed by atoms with Gasteiger partial charge in [0.25, 0.3) is 5.91 Å². The van der Waals surface area contributed by atoms with Gasteiger partial charge in [-0.1, -0.05) is 56.3 Å². The van der Waals surface area contributed by atoms with Crippen LogP contribution in [0.2, 0.25) is 0 Å². The van der Waals surface area contributed by atoms with E-state index in [2.05, 4.69) is 24.1 Å². The van der Waals surface area contributed by atoms with Crippen LogP contribution >= 0.6 is 0 Å². The normalized spacial score (nSPS) is 20.5. The Labute approximate surface area is 225 Å². The lowest BCUT2D eigenvalue weighted by atomic mass is 9.92. The van der Waals surface area contributed by atoms with Crippen LogP contribution in [0.25, 0.3) is 0 Å². The smallest absolute Gasteiger partial charge is 0.338 e. The summed E-state index contributed by atoms with van der Waals surface area (Å²) in [5.74, 6) is -0.0392. The van der Waals surface area contributed by atoms with E-state index in [1.807, 2.05) is 66.4 Å². The van der Waals surface area contributed by atoms with Gasteiger partial charge in [-0.3, -0.25) is 14.6 Å². The molecular formula is C30H38N4O4. The first-order valence-corrected chi connectivity index (χ1v) is 13.3. The summed E-state index contributed by atoms with van der Waals surface area (Å²) < 4.78 is 5.47. The number of urea groups is 1. The van der Waals surface area contributed by atoms with E-state index in [0.717, 1.165) is 5.56 Å². The number of nitrogens with zero attached hydrogens (tertiary/aromatic N) is 3. The number of hydrogen-bond acceptors (Lipinski definition) is 5.